The van der Waals surface area contributed by atoms with E-state index in [1.807, 2.05) is 43.4 Å². The van der Waals surface area contributed by atoms with E-state index in [1.165, 1.54) is 5.56 Å². The van der Waals surface area contributed by atoms with Gasteiger partial charge in [0, 0.05) is 42.2 Å². The van der Waals surface area contributed by atoms with E-state index in [9.17, 15) is 4.79 Å². The average molecular weight is 338 g/mol. The van der Waals surface area contributed by atoms with Crippen molar-refractivity contribution in [2.24, 2.45) is 0 Å². The van der Waals surface area contributed by atoms with Crippen molar-refractivity contribution in [3.8, 4) is 0 Å². The van der Waals surface area contributed by atoms with E-state index in [-0.39, 0.29) is 18.1 Å². The number of piperidine rings is 1. The Morgan fingerprint density at radius 1 is 1.36 bits per heavy atom. The topological polar surface area (TPSA) is 71.1 Å². The van der Waals surface area contributed by atoms with Gasteiger partial charge in [0.25, 0.3) is 0 Å². The van der Waals surface area contributed by atoms with Gasteiger partial charge in [0.05, 0.1) is 17.8 Å². The summed E-state index contributed by atoms with van der Waals surface area (Å²) in [6.07, 6.45) is 7.33. The summed E-state index contributed by atoms with van der Waals surface area (Å²) in [5.41, 5.74) is 2.94. The van der Waals surface area contributed by atoms with E-state index in [4.69, 9.17) is 4.74 Å². The Hall–Kier alpha value is -2.63. The maximum atomic E-state index is 12.3. The number of H-pyrrole nitrogens is 1. The van der Waals surface area contributed by atoms with E-state index in [0.717, 1.165) is 41.3 Å². The fraction of sp³-hybridized carbons (Fsp3) is 0.421. The van der Waals surface area contributed by atoms with Crippen molar-refractivity contribution < 1.29 is 9.53 Å². The number of nitrogens with one attached hydrogen (secondary N) is 1. The highest BCUT2D eigenvalue weighted by Crippen LogP contribution is 2.35. The zero-order valence-corrected chi connectivity index (χ0v) is 14.5. The number of ether oxygens (including phenoxy) is 1. The number of carbonyl (C=O) groups excluding carboxylic acids is 1. The monoisotopic (exact) mass is 338 g/mol. The Morgan fingerprint density at radius 2 is 2.20 bits per heavy atom. The van der Waals surface area contributed by atoms with Crippen LogP contribution in [0.2, 0.25) is 0 Å². The molecule has 0 saturated carbocycles. The van der Waals surface area contributed by atoms with Gasteiger partial charge in [0.1, 0.15) is 0 Å². The molecule has 1 N–H and O–H groups in total. The number of rotatable bonds is 2. The van der Waals surface area contributed by atoms with Crippen LogP contribution in [0.15, 0.2) is 30.7 Å². The summed E-state index contributed by atoms with van der Waals surface area (Å²) < 4.78 is 5.37. The van der Waals surface area contributed by atoms with Gasteiger partial charge in [0.2, 0.25) is 0 Å². The standard InChI is InChI=1S/C19H22N4O2/c1-12(2)25-19(24)23-8-4-5-13(11-23)15-9-21-18-17(15)14-6-3-7-20-16(14)10-22-18/h3,6-7,9-10,12-13,20H,4-5,8,11H2,1-2H3. The first-order valence-corrected chi connectivity index (χ1v) is 8.79. The maximum absolute atomic E-state index is 12.3. The zero-order valence-electron chi connectivity index (χ0n) is 14.5. The van der Waals surface area contributed by atoms with Crippen LogP contribution in [0, 0.1) is 0 Å². The van der Waals surface area contributed by atoms with Crippen LogP contribution in [0.1, 0.15) is 38.2 Å². The quantitative estimate of drug-likeness (QED) is 0.771. The summed E-state index contributed by atoms with van der Waals surface area (Å²) in [6.45, 7) is 5.17. The molecule has 4 heterocycles. The molecule has 1 atom stereocenters. The Labute approximate surface area is 146 Å². The number of likely N-dealkylation sites (tertiary alicyclic amines) is 1. The molecule has 1 saturated heterocycles. The summed E-state index contributed by atoms with van der Waals surface area (Å²) >= 11 is 0. The average Bonchev–Trinajstić information content (AvgIpc) is 3.06. The van der Waals surface area contributed by atoms with Crippen molar-refractivity contribution in [2.75, 3.05) is 13.1 Å². The van der Waals surface area contributed by atoms with Crippen LogP contribution >= 0.6 is 0 Å². The first-order chi connectivity index (χ1) is 12.1. The number of aromatic nitrogens is 3. The van der Waals surface area contributed by atoms with Crippen molar-refractivity contribution in [1.82, 2.24) is 19.9 Å². The minimum Gasteiger partial charge on any atom is -0.447 e. The number of hydrogen-bond acceptors (Lipinski definition) is 4. The van der Waals surface area contributed by atoms with Gasteiger partial charge >= 0.3 is 6.09 Å². The SMILES string of the molecule is CC(C)OC(=O)N1CCCC(c2cnc3ncc4[nH]cccc4c23)C1. The minimum atomic E-state index is -0.222. The van der Waals surface area contributed by atoms with Crippen LogP contribution in [-0.2, 0) is 4.74 Å². The molecule has 4 rings (SSSR count). The van der Waals surface area contributed by atoms with Gasteiger partial charge in [0.15, 0.2) is 5.65 Å². The molecular weight excluding hydrogens is 316 g/mol. The van der Waals surface area contributed by atoms with Gasteiger partial charge in [-0.15, -0.1) is 0 Å². The molecular formula is C19H22N4O2. The van der Waals surface area contributed by atoms with Crippen LogP contribution in [0.5, 0.6) is 0 Å². The van der Waals surface area contributed by atoms with Gasteiger partial charge in [-0.3, -0.25) is 0 Å². The molecule has 6 nitrogen and oxygen atoms in total. The van der Waals surface area contributed by atoms with E-state index < -0.39 is 0 Å². The first-order valence-electron chi connectivity index (χ1n) is 8.79. The molecule has 0 aliphatic carbocycles. The molecule has 0 aromatic carbocycles. The third-order valence-electron chi connectivity index (χ3n) is 4.77. The lowest BCUT2D eigenvalue weighted by molar-refractivity contribution is 0.0682. The molecule has 1 aliphatic heterocycles. The van der Waals surface area contributed by atoms with E-state index >= 15 is 0 Å². The summed E-state index contributed by atoms with van der Waals surface area (Å²) in [6, 6.07) is 4.08. The number of fused-ring (bicyclic) bond motifs is 3. The molecule has 1 amide bonds. The summed E-state index contributed by atoms with van der Waals surface area (Å²) in [7, 11) is 0. The number of nitrogens with zero attached hydrogens (tertiary/aromatic N) is 3. The van der Waals surface area contributed by atoms with Gasteiger partial charge in [-0.2, -0.15) is 0 Å². The van der Waals surface area contributed by atoms with Crippen LogP contribution in [-0.4, -0.2) is 45.1 Å². The van der Waals surface area contributed by atoms with Crippen molar-refractivity contribution in [3.05, 3.63) is 36.3 Å². The molecule has 0 spiro atoms. The molecule has 0 bridgehead atoms. The highest BCUT2D eigenvalue weighted by Gasteiger charge is 2.28. The Morgan fingerprint density at radius 3 is 3.04 bits per heavy atom. The second-order valence-electron chi connectivity index (χ2n) is 6.89. The number of carbonyl (C=O) groups is 1. The largest absolute Gasteiger partial charge is 0.447 e. The summed E-state index contributed by atoms with van der Waals surface area (Å²) in [4.78, 5) is 26.3. The highest BCUT2D eigenvalue weighted by atomic mass is 16.6. The van der Waals surface area contributed by atoms with Crippen LogP contribution in [0.3, 0.4) is 0 Å². The Balaban J connectivity index is 1.69. The Bertz CT molecular complexity index is 918. The van der Waals surface area contributed by atoms with Gasteiger partial charge in [-0.05, 0) is 38.3 Å². The summed E-state index contributed by atoms with van der Waals surface area (Å²) in [5, 5.41) is 2.22. The highest BCUT2D eigenvalue weighted by molar-refractivity contribution is 6.05. The lowest BCUT2D eigenvalue weighted by Crippen LogP contribution is -2.40. The Kier molecular flexibility index (Phi) is 4.03. The van der Waals surface area contributed by atoms with Crippen molar-refractivity contribution >= 4 is 28.0 Å². The molecule has 1 unspecified atom stereocenters. The zero-order chi connectivity index (χ0) is 17.4. The van der Waals surface area contributed by atoms with Gasteiger partial charge < -0.3 is 14.6 Å². The van der Waals surface area contributed by atoms with Gasteiger partial charge in [-0.1, -0.05) is 6.07 Å². The van der Waals surface area contributed by atoms with Crippen LogP contribution in [0.4, 0.5) is 4.79 Å². The predicted molar refractivity (Wildman–Crippen MR) is 96.6 cm³/mol. The van der Waals surface area contributed by atoms with E-state index in [0.29, 0.717) is 6.54 Å². The molecule has 130 valence electrons. The fourth-order valence-corrected chi connectivity index (χ4v) is 3.65. The molecule has 3 aromatic rings. The normalized spacial score (nSPS) is 18.2. The van der Waals surface area contributed by atoms with Crippen molar-refractivity contribution in [3.63, 3.8) is 0 Å². The maximum Gasteiger partial charge on any atom is 0.410 e. The van der Waals surface area contributed by atoms with Crippen molar-refractivity contribution in [2.45, 2.75) is 38.7 Å². The third-order valence-corrected chi connectivity index (χ3v) is 4.77. The lowest BCUT2D eigenvalue weighted by Gasteiger charge is -2.32. The minimum absolute atomic E-state index is 0.0991. The number of aromatic amines is 1. The summed E-state index contributed by atoms with van der Waals surface area (Å²) in [5.74, 6) is 0.256. The fourth-order valence-electron chi connectivity index (χ4n) is 3.65. The molecule has 3 aromatic heterocycles. The van der Waals surface area contributed by atoms with E-state index in [1.54, 1.807) is 0 Å². The molecule has 1 aliphatic rings. The second-order valence-corrected chi connectivity index (χ2v) is 6.89. The smallest absolute Gasteiger partial charge is 0.410 e. The van der Waals surface area contributed by atoms with Gasteiger partial charge in [-0.25, -0.2) is 14.8 Å². The molecule has 1 fully saturated rings. The molecule has 0 radical (unpaired) electrons. The van der Waals surface area contributed by atoms with Crippen LogP contribution in [0.25, 0.3) is 21.9 Å². The number of hydrogen-bond donors (Lipinski definition) is 1. The molecule has 6 heteroatoms. The lowest BCUT2D eigenvalue weighted by atomic mass is 9.90. The van der Waals surface area contributed by atoms with Crippen molar-refractivity contribution in [1.29, 1.82) is 0 Å². The molecule has 25 heavy (non-hydrogen) atoms. The number of amides is 1. The number of pyridine rings is 2. The second kappa shape index (κ2) is 6.35. The first kappa shape index (κ1) is 15.9. The third kappa shape index (κ3) is 2.92. The van der Waals surface area contributed by atoms with E-state index in [2.05, 4.69) is 21.0 Å². The van der Waals surface area contributed by atoms with Crippen LogP contribution < -0.4 is 0 Å². The predicted octanol–water partition coefficient (Wildman–Crippen LogP) is 3.84.